The first-order chi connectivity index (χ1) is 24.4. The third-order valence-electron chi connectivity index (χ3n) is 9.85. The Hall–Kier alpha value is -3.52. The highest BCUT2D eigenvalue weighted by Crippen LogP contribution is 2.44. The van der Waals surface area contributed by atoms with Crippen molar-refractivity contribution in [3.63, 3.8) is 0 Å². The minimum atomic E-state index is -1.59. The largest absolute Gasteiger partial charge is 0.455 e. The van der Waals surface area contributed by atoms with Gasteiger partial charge in [-0.15, -0.1) is 0 Å². The average molecular weight is 766 g/mol. The highest BCUT2D eigenvalue weighted by molar-refractivity contribution is 6.87. The first-order valence-corrected chi connectivity index (χ1v) is 24.5. The summed E-state index contributed by atoms with van der Waals surface area (Å²) in [5.74, 6) is 0. The topological polar surface area (TPSA) is 119 Å². The fraction of sp³-hybridized carbons (Fsp3) is 0.548. The lowest BCUT2D eigenvalue weighted by atomic mass is 9.94. The lowest BCUT2D eigenvalue weighted by Crippen LogP contribution is -2.53. The number of nitrogens with one attached hydrogen (secondary N) is 2. The summed E-state index contributed by atoms with van der Waals surface area (Å²) in [7, 11) is -3.18. The molecule has 1 aromatic heterocycles. The van der Waals surface area contributed by atoms with Crippen LogP contribution in [0.4, 0.5) is 9.59 Å². The zero-order valence-corrected chi connectivity index (χ0v) is 36.6. The number of ether oxygens (including phenoxy) is 2. The number of alkyl carbamates (subject to hydrolysis) is 2. The van der Waals surface area contributed by atoms with Gasteiger partial charge in [0.05, 0.1) is 12.1 Å². The van der Waals surface area contributed by atoms with Crippen molar-refractivity contribution in [3.05, 3.63) is 102 Å². The zero-order valence-electron chi connectivity index (χ0n) is 34.6. The number of hydrogen-bond acceptors (Lipinski definition) is 7. The van der Waals surface area contributed by atoms with Gasteiger partial charge < -0.3 is 29.3 Å². The summed E-state index contributed by atoms with van der Waals surface area (Å²) >= 11 is 0. The van der Waals surface area contributed by atoms with Gasteiger partial charge in [0.2, 0.25) is 0 Å². The molecular formula is C42H67N3O6Si2. The van der Waals surface area contributed by atoms with Gasteiger partial charge in [0, 0.05) is 24.0 Å². The summed E-state index contributed by atoms with van der Waals surface area (Å²) in [6.07, 6.45) is 2.16. The lowest BCUT2D eigenvalue weighted by molar-refractivity contribution is 0.0397. The Morgan fingerprint density at radius 1 is 0.698 bits per heavy atom. The van der Waals surface area contributed by atoms with Crippen LogP contribution in [0.3, 0.4) is 0 Å². The average Bonchev–Trinajstić information content (AvgIpc) is 3.03. The Morgan fingerprint density at radius 3 is 1.64 bits per heavy atom. The number of nitrogens with zero attached hydrogens (tertiary/aromatic N) is 1. The van der Waals surface area contributed by atoms with Gasteiger partial charge >= 0.3 is 12.2 Å². The highest BCUT2D eigenvalue weighted by Gasteiger charge is 2.46. The summed E-state index contributed by atoms with van der Waals surface area (Å²) in [5.41, 5.74) is 2.04. The fourth-order valence-corrected chi connectivity index (χ4v) is 12.5. The van der Waals surface area contributed by atoms with Crippen molar-refractivity contribution in [1.29, 1.82) is 0 Å². The van der Waals surface area contributed by atoms with Gasteiger partial charge in [0.25, 0.3) is 0 Å². The molecule has 3 rings (SSSR count). The third-order valence-corrected chi connectivity index (χ3v) is 21.2. The van der Waals surface area contributed by atoms with Crippen molar-refractivity contribution in [2.45, 2.75) is 148 Å². The minimum absolute atomic E-state index is 0.0805. The summed E-state index contributed by atoms with van der Waals surface area (Å²) in [4.78, 5) is 29.3. The van der Waals surface area contributed by atoms with Crippen LogP contribution in [0.25, 0.3) is 0 Å². The van der Waals surface area contributed by atoms with Gasteiger partial charge in [0.1, 0.15) is 12.2 Å². The molecule has 0 saturated carbocycles. The number of pyridine rings is 1. The van der Waals surface area contributed by atoms with Crippen LogP contribution < -0.4 is 10.6 Å². The molecule has 0 aliphatic rings. The molecule has 53 heavy (non-hydrogen) atoms. The smallest absolute Gasteiger partial charge is 0.407 e. The van der Waals surface area contributed by atoms with E-state index >= 15 is 0 Å². The molecule has 0 bridgehead atoms. The fourth-order valence-electron chi connectivity index (χ4n) is 4.94. The van der Waals surface area contributed by atoms with E-state index in [0.717, 1.165) is 16.7 Å². The molecule has 3 atom stereocenters. The molecular weight excluding hydrogens is 699 g/mol. The SMILES string of the molecule is CC(C)(C)OC(=O)N[C@@H](Cc1ccccc1)[C@@H](O)C[C@H](Cc1ccccc1)NC(=O)OCc1cccnc1.CC(C)(C)[Si](C)(C)O[Si](C)(C)C(C)(C)C. The maximum Gasteiger partial charge on any atom is 0.407 e. The van der Waals surface area contributed by atoms with Gasteiger partial charge in [-0.25, -0.2) is 9.59 Å². The van der Waals surface area contributed by atoms with Crippen LogP contribution in [0.15, 0.2) is 85.2 Å². The van der Waals surface area contributed by atoms with E-state index in [-0.39, 0.29) is 13.0 Å². The number of carbonyl (C=O) groups is 2. The summed E-state index contributed by atoms with van der Waals surface area (Å²) in [6, 6.07) is 21.8. The molecule has 11 heteroatoms. The van der Waals surface area contributed by atoms with Crippen molar-refractivity contribution in [1.82, 2.24) is 15.6 Å². The van der Waals surface area contributed by atoms with Gasteiger partial charge in [-0.05, 0) is 93.5 Å². The molecule has 2 amide bonds. The standard InChI is InChI=1S/C30H37N3O5.C12H30OSi2/c1-30(2,3)38-29(36)33-26(18-23-13-8-5-9-14-23)27(34)19-25(17-22-11-6-4-7-12-22)32-28(35)37-21-24-15-10-16-31-20-24;1-11(2,3)14(7,8)13-15(9,10)12(4,5)6/h4-16,20,25-27,34H,17-19,21H2,1-3H3,(H,32,35)(H,33,36);1-10H3/t25-,26-,27-;/m0./s1. The number of amides is 2. The molecule has 0 aliphatic carbocycles. The summed E-state index contributed by atoms with van der Waals surface area (Å²) < 4.78 is 17.5. The lowest BCUT2D eigenvalue weighted by Gasteiger charge is -2.47. The van der Waals surface area contributed by atoms with Crippen molar-refractivity contribution in [3.8, 4) is 0 Å². The van der Waals surface area contributed by atoms with Crippen LogP contribution in [0, 0.1) is 0 Å². The van der Waals surface area contributed by atoms with E-state index in [1.807, 2.05) is 66.7 Å². The molecule has 0 unspecified atom stereocenters. The predicted octanol–water partition coefficient (Wildman–Crippen LogP) is 9.82. The van der Waals surface area contributed by atoms with E-state index in [4.69, 9.17) is 13.6 Å². The molecule has 3 aromatic rings. The van der Waals surface area contributed by atoms with E-state index in [0.29, 0.717) is 22.9 Å². The number of hydrogen-bond donors (Lipinski definition) is 3. The van der Waals surface area contributed by atoms with Gasteiger partial charge in [0.15, 0.2) is 16.6 Å². The summed E-state index contributed by atoms with van der Waals surface area (Å²) in [6.45, 7) is 28.7. The Kier molecular flexibility index (Phi) is 17.0. The second kappa shape index (κ2) is 19.7. The van der Waals surface area contributed by atoms with Crippen LogP contribution in [-0.2, 0) is 33.0 Å². The van der Waals surface area contributed by atoms with Crippen molar-refractivity contribution >= 4 is 28.8 Å². The normalized spacial score (nSPS) is 14.2. The number of rotatable bonds is 13. The van der Waals surface area contributed by atoms with Gasteiger partial charge in [-0.2, -0.15) is 0 Å². The first kappa shape index (κ1) is 45.6. The zero-order chi connectivity index (χ0) is 40.1. The maximum absolute atomic E-state index is 12.7. The van der Waals surface area contributed by atoms with Crippen LogP contribution in [0.1, 0.15) is 85.4 Å². The van der Waals surface area contributed by atoms with Crippen LogP contribution in [-0.4, -0.2) is 62.7 Å². The Bertz CT molecular complexity index is 1500. The Balaban J connectivity index is 0.000000546. The van der Waals surface area contributed by atoms with Crippen LogP contribution >= 0.6 is 0 Å². The molecule has 0 spiro atoms. The number of benzene rings is 2. The minimum Gasteiger partial charge on any atom is -0.455 e. The van der Waals surface area contributed by atoms with E-state index < -0.39 is 52.6 Å². The maximum atomic E-state index is 12.7. The van der Waals surface area contributed by atoms with Crippen molar-refractivity contribution < 1.29 is 28.3 Å². The van der Waals surface area contributed by atoms with Crippen LogP contribution in [0.2, 0.25) is 36.3 Å². The molecule has 0 fully saturated rings. The van der Waals surface area contributed by atoms with E-state index in [9.17, 15) is 14.7 Å². The molecule has 294 valence electrons. The first-order valence-electron chi connectivity index (χ1n) is 18.7. The van der Waals surface area contributed by atoms with Crippen LogP contribution in [0.5, 0.6) is 0 Å². The number of carbonyl (C=O) groups excluding carboxylic acids is 2. The Labute approximate surface area is 321 Å². The molecule has 1 heterocycles. The molecule has 2 aromatic carbocycles. The second-order valence-corrected chi connectivity index (χ2v) is 27.7. The van der Waals surface area contributed by atoms with E-state index in [1.54, 1.807) is 39.2 Å². The Morgan fingerprint density at radius 2 is 1.19 bits per heavy atom. The molecule has 0 aliphatic heterocycles. The molecule has 3 N–H and O–H groups in total. The second-order valence-electron chi connectivity index (χ2n) is 17.8. The molecule has 0 radical (unpaired) electrons. The van der Waals surface area contributed by atoms with Gasteiger partial charge in [-0.1, -0.05) is 108 Å². The van der Waals surface area contributed by atoms with Gasteiger partial charge in [-0.3, -0.25) is 4.98 Å². The highest BCUT2D eigenvalue weighted by atomic mass is 28.4. The monoisotopic (exact) mass is 765 g/mol. The van der Waals surface area contributed by atoms with Crippen molar-refractivity contribution in [2.75, 3.05) is 0 Å². The molecule has 0 saturated heterocycles. The van der Waals surface area contributed by atoms with Crippen molar-refractivity contribution in [2.24, 2.45) is 0 Å². The summed E-state index contributed by atoms with van der Waals surface area (Å²) in [5, 5.41) is 17.7. The van der Waals surface area contributed by atoms with E-state index in [1.165, 1.54) is 0 Å². The number of aliphatic hydroxyl groups is 1. The number of aromatic nitrogens is 1. The molecule has 9 nitrogen and oxygen atoms in total. The quantitative estimate of drug-likeness (QED) is 0.148. The number of aliphatic hydroxyl groups excluding tert-OH is 1. The third kappa shape index (κ3) is 17.0. The van der Waals surface area contributed by atoms with E-state index in [2.05, 4.69) is 83.3 Å². The predicted molar refractivity (Wildman–Crippen MR) is 221 cm³/mol.